The summed E-state index contributed by atoms with van der Waals surface area (Å²) in [6.07, 6.45) is 0.199. The third-order valence-corrected chi connectivity index (χ3v) is 2.57. The van der Waals surface area contributed by atoms with Gasteiger partial charge in [0.1, 0.15) is 5.75 Å². The molecule has 0 spiro atoms. The topological polar surface area (TPSA) is 78.3 Å². The monoisotopic (exact) mass is 286 g/mol. The maximum atomic E-state index is 10.6. The van der Waals surface area contributed by atoms with Gasteiger partial charge in [0, 0.05) is 16.1 Å². The van der Waals surface area contributed by atoms with Crippen molar-refractivity contribution in [2.45, 2.75) is 19.4 Å². The highest BCUT2D eigenvalue weighted by Gasteiger charge is 2.08. The number of hydrogen-bond acceptors (Lipinski definition) is 3. The average Bonchev–Trinajstić information content (AvgIpc) is 2.16. The van der Waals surface area contributed by atoms with Crippen molar-refractivity contribution in [3.8, 4) is 5.75 Å². The van der Waals surface area contributed by atoms with Gasteiger partial charge in [-0.2, -0.15) is 0 Å². The van der Waals surface area contributed by atoms with E-state index in [1.807, 2.05) is 25.1 Å². The Hall–Kier alpha value is -1.07. The lowest BCUT2D eigenvalue weighted by Gasteiger charge is -2.13. The molecule has 0 bridgehead atoms. The summed E-state index contributed by atoms with van der Waals surface area (Å²) in [6.45, 7) is 2.15. The van der Waals surface area contributed by atoms with Crippen LogP contribution in [-0.2, 0) is 4.79 Å². The van der Waals surface area contributed by atoms with Crippen molar-refractivity contribution in [2.24, 2.45) is 11.5 Å². The molecule has 5 heteroatoms. The van der Waals surface area contributed by atoms with Crippen molar-refractivity contribution in [1.29, 1.82) is 0 Å². The molecule has 0 aliphatic carbocycles. The minimum Gasteiger partial charge on any atom is -0.493 e. The zero-order valence-electron chi connectivity index (χ0n) is 9.07. The molecule has 16 heavy (non-hydrogen) atoms. The maximum absolute atomic E-state index is 10.6. The molecule has 1 rings (SSSR count). The Kier molecular flexibility index (Phi) is 4.76. The van der Waals surface area contributed by atoms with Crippen molar-refractivity contribution in [2.75, 3.05) is 6.61 Å². The average molecular weight is 287 g/mol. The first-order chi connectivity index (χ1) is 7.50. The van der Waals surface area contributed by atoms with Crippen molar-refractivity contribution < 1.29 is 9.53 Å². The van der Waals surface area contributed by atoms with Crippen LogP contribution in [-0.4, -0.2) is 12.5 Å². The first-order valence-electron chi connectivity index (χ1n) is 4.97. The van der Waals surface area contributed by atoms with E-state index in [1.54, 1.807) is 0 Å². The van der Waals surface area contributed by atoms with Crippen molar-refractivity contribution >= 4 is 21.8 Å². The summed E-state index contributed by atoms with van der Waals surface area (Å²) in [4.78, 5) is 10.6. The molecular formula is C11H15BrN2O2. The first kappa shape index (κ1) is 13.0. The van der Waals surface area contributed by atoms with E-state index in [4.69, 9.17) is 16.2 Å². The van der Waals surface area contributed by atoms with Gasteiger partial charge in [0.2, 0.25) is 5.91 Å². The van der Waals surface area contributed by atoms with Crippen LogP contribution in [0.15, 0.2) is 22.7 Å². The Morgan fingerprint density at radius 1 is 1.56 bits per heavy atom. The van der Waals surface area contributed by atoms with E-state index in [9.17, 15) is 4.79 Å². The molecule has 0 heterocycles. The van der Waals surface area contributed by atoms with Crippen LogP contribution < -0.4 is 16.2 Å². The third-order valence-electron chi connectivity index (χ3n) is 2.07. The van der Waals surface area contributed by atoms with Gasteiger partial charge >= 0.3 is 0 Å². The summed E-state index contributed by atoms with van der Waals surface area (Å²) in [5.41, 5.74) is 11.8. The Bertz CT molecular complexity index is 380. The van der Waals surface area contributed by atoms with Crippen LogP contribution in [0, 0.1) is 0 Å². The second-order valence-corrected chi connectivity index (χ2v) is 4.45. The highest BCUT2D eigenvalue weighted by atomic mass is 79.9. The van der Waals surface area contributed by atoms with Gasteiger partial charge in [-0.05, 0) is 19.1 Å². The van der Waals surface area contributed by atoms with Gasteiger partial charge in [0.15, 0.2) is 0 Å². The number of rotatable bonds is 5. The molecule has 0 aliphatic heterocycles. The van der Waals surface area contributed by atoms with Crippen LogP contribution >= 0.6 is 15.9 Å². The fourth-order valence-electron chi connectivity index (χ4n) is 1.27. The molecule has 0 aromatic heterocycles. The summed E-state index contributed by atoms with van der Waals surface area (Å²) < 4.78 is 6.39. The van der Waals surface area contributed by atoms with E-state index in [2.05, 4.69) is 15.9 Å². The van der Waals surface area contributed by atoms with E-state index >= 15 is 0 Å². The largest absolute Gasteiger partial charge is 0.493 e. The number of halogens is 1. The fraction of sp³-hybridized carbons (Fsp3) is 0.364. The highest BCUT2D eigenvalue weighted by molar-refractivity contribution is 9.10. The van der Waals surface area contributed by atoms with Crippen LogP contribution in [0.5, 0.6) is 5.75 Å². The third kappa shape index (κ3) is 3.83. The smallest absolute Gasteiger partial charge is 0.220 e. The van der Waals surface area contributed by atoms with E-state index in [-0.39, 0.29) is 25.0 Å². The number of hydrogen-bond donors (Lipinski definition) is 2. The quantitative estimate of drug-likeness (QED) is 0.865. The summed E-state index contributed by atoms with van der Waals surface area (Å²) in [6, 6.07) is 5.52. The second-order valence-electron chi connectivity index (χ2n) is 3.54. The fourth-order valence-corrected chi connectivity index (χ4v) is 1.61. The van der Waals surface area contributed by atoms with Crippen LogP contribution in [0.4, 0.5) is 0 Å². The molecule has 1 atom stereocenters. The van der Waals surface area contributed by atoms with Gasteiger partial charge < -0.3 is 16.2 Å². The summed E-state index contributed by atoms with van der Waals surface area (Å²) in [5.74, 6) is 0.308. The number of carbonyl (C=O) groups is 1. The number of primary amides is 1. The van der Waals surface area contributed by atoms with Crippen LogP contribution in [0.2, 0.25) is 0 Å². The van der Waals surface area contributed by atoms with Crippen LogP contribution in [0.25, 0.3) is 0 Å². The molecule has 0 radical (unpaired) electrons. The standard InChI is InChI=1S/C11H15BrN2O2/c1-7(13)9-3-2-8(12)6-10(9)16-5-4-11(14)15/h2-3,6-7H,4-5,13H2,1H3,(H2,14,15). The predicted molar refractivity (Wildman–Crippen MR) is 66.1 cm³/mol. The van der Waals surface area contributed by atoms with Crippen molar-refractivity contribution in [3.63, 3.8) is 0 Å². The minimum atomic E-state index is -0.377. The lowest BCUT2D eigenvalue weighted by atomic mass is 10.1. The molecule has 1 amide bonds. The zero-order chi connectivity index (χ0) is 12.1. The van der Waals surface area contributed by atoms with Crippen molar-refractivity contribution in [1.82, 2.24) is 0 Å². The number of nitrogens with two attached hydrogens (primary N) is 2. The molecule has 0 aliphatic rings. The van der Waals surface area contributed by atoms with E-state index in [1.165, 1.54) is 0 Å². The van der Waals surface area contributed by atoms with Gasteiger partial charge in [0.05, 0.1) is 13.0 Å². The predicted octanol–water partition coefficient (Wildman–Crippen LogP) is 1.72. The van der Waals surface area contributed by atoms with E-state index in [0.29, 0.717) is 5.75 Å². The molecule has 88 valence electrons. The first-order valence-corrected chi connectivity index (χ1v) is 5.76. The van der Waals surface area contributed by atoms with Gasteiger partial charge in [0.25, 0.3) is 0 Å². The molecular weight excluding hydrogens is 272 g/mol. The lowest BCUT2D eigenvalue weighted by Crippen LogP contribution is -2.15. The summed E-state index contributed by atoms with van der Waals surface area (Å²) in [7, 11) is 0. The summed E-state index contributed by atoms with van der Waals surface area (Å²) in [5, 5.41) is 0. The zero-order valence-corrected chi connectivity index (χ0v) is 10.7. The van der Waals surface area contributed by atoms with Gasteiger partial charge in [-0.3, -0.25) is 4.79 Å². The molecule has 1 aromatic carbocycles. The Balaban J connectivity index is 2.76. The number of carbonyl (C=O) groups excluding carboxylic acids is 1. The number of benzene rings is 1. The van der Waals surface area contributed by atoms with Gasteiger partial charge in [-0.1, -0.05) is 22.0 Å². The molecule has 4 nitrogen and oxygen atoms in total. The molecule has 0 saturated carbocycles. The lowest BCUT2D eigenvalue weighted by molar-refractivity contribution is -0.118. The second kappa shape index (κ2) is 5.86. The molecule has 4 N–H and O–H groups in total. The van der Waals surface area contributed by atoms with Gasteiger partial charge in [-0.15, -0.1) is 0 Å². The van der Waals surface area contributed by atoms with Crippen molar-refractivity contribution in [3.05, 3.63) is 28.2 Å². The van der Waals surface area contributed by atoms with Crippen LogP contribution in [0.1, 0.15) is 24.9 Å². The van der Waals surface area contributed by atoms with E-state index < -0.39 is 0 Å². The SMILES string of the molecule is CC(N)c1ccc(Br)cc1OCCC(N)=O. The molecule has 1 aromatic rings. The Morgan fingerprint density at radius 3 is 2.81 bits per heavy atom. The molecule has 0 fully saturated rings. The van der Waals surface area contributed by atoms with E-state index in [0.717, 1.165) is 10.0 Å². The van der Waals surface area contributed by atoms with Gasteiger partial charge in [-0.25, -0.2) is 0 Å². The number of ether oxygens (including phenoxy) is 1. The number of amides is 1. The summed E-state index contributed by atoms with van der Waals surface area (Å²) >= 11 is 3.35. The highest BCUT2D eigenvalue weighted by Crippen LogP contribution is 2.27. The molecule has 1 unspecified atom stereocenters. The maximum Gasteiger partial charge on any atom is 0.220 e. The molecule has 0 saturated heterocycles. The minimum absolute atomic E-state index is 0.114. The Labute approximate surface area is 103 Å². The Morgan fingerprint density at radius 2 is 2.25 bits per heavy atom. The van der Waals surface area contributed by atoms with Crippen LogP contribution in [0.3, 0.4) is 0 Å². The normalized spacial score (nSPS) is 12.2.